The van der Waals surface area contributed by atoms with Gasteiger partial charge in [0.15, 0.2) is 0 Å². The molecule has 134 valence electrons. The third-order valence-corrected chi connectivity index (χ3v) is 5.51. The SMILES string of the molecule is Cn1c(=O)n(C)c2cc(CNC(=O)C[C@@H]3CCc4ccccc43)ccc21. The largest absolute Gasteiger partial charge is 0.352 e. The lowest BCUT2D eigenvalue weighted by Crippen LogP contribution is -2.24. The number of carbonyl (C=O) groups is 1. The van der Waals surface area contributed by atoms with E-state index in [1.54, 1.807) is 23.2 Å². The molecule has 0 saturated carbocycles. The maximum atomic E-state index is 12.4. The Morgan fingerprint density at radius 3 is 2.73 bits per heavy atom. The molecule has 26 heavy (non-hydrogen) atoms. The van der Waals surface area contributed by atoms with Gasteiger partial charge in [-0.2, -0.15) is 0 Å². The zero-order valence-electron chi connectivity index (χ0n) is 15.2. The minimum atomic E-state index is -0.0407. The summed E-state index contributed by atoms with van der Waals surface area (Å²) in [5, 5.41) is 3.03. The normalized spacial score (nSPS) is 16.0. The van der Waals surface area contributed by atoms with Crippen LogP contribution in [-0.4, -0.2) is 15.0 Å². The van der Waals surface area contributed by atoms with Gasteiger partial charge >= 0.3 is 5.69 Å². The van der Waals surface area contributed by atoms with E-state index < -0.39 is 0 Å². The average Bonchev–Trinajstić information content (AvgIpc) is 3.15. The second kappa shape index (κ2) is 6.48. The van der Waals surface area contributed by atoms with Crippen molar-refractivity contribution >= 4 is 16.9 Å². The number of amides is 1. The monoisotopic (exact) mass is 349 g/mol. The Bertz CT molecular complexity index is 1050. The third-order valence-electron chi connectivity index (χ3n) is 5.51. The minimum absolute atomic E-state index is 0.0407. The first-order valence-electron chi connectivity index (χ1n) is 9.03. The summed E-state index contributed by atoms with van der Waals surface area (Å²) in [5.41, 5.74) is 5.44. The lowest BCUT2D eigenvalue weighted by Gasteiger charge is -2.12. The Kier molecular flexibility index (Phi) is 4.15. The lowest BCUT2D eigenvalue weighted by molar-refractivity contribution is -0.121. The van der Waals surface area contributed by atoms with Gasteiger partial charge in [-0.25, -0.2) is 4.79 Å². The van der Waals surface area contributed by atoms with Gasteiger partial charge in [-0.05, 0) is 47.6 Å². The molecule has 1 aliphatic carbocycles. The van der Waals surface area contributed by atoms with Crippen molar-refractivity contribution in [2.24, 2.45) is 14.1 Å². The fourth-order valence-corrected chi connectivity index (χ4v) is 4.02. The minimum Gasteiger partial charge on any atom is -0.352 e. The van der Waals surface area contributed by atoms with E-state index in [1.807, 2.05) is 18.2 Å². The summed E-state index contributed by atoms with van der Waals surface area (Å²) in [6.45, 7) is 0.478. The van der Waals surface area contributed by atoms with Crippen LogP contribution in [0.25, 0.3) is 11.0 Å². The highest BCUT2D eigenvalue weighted by atomic mass is 16.2. The van der Waals surface area contributed by atoms with Gasteiger partial charge in [0.25, 0.3) is 0 Å². The molecule has 1 heterocycles. The van der Waals surface area contributed by atoms with Crippen LogP contribution in [0.3, 0.4) is 0 Å². The molecule has 1 amide bonds. The molecule has 1 aliphatic rings. The summed E-state index contributed by atoms with van der Waals surface area (Å²) >= 11 is 0. The van der Waals surface area contributed by atoms with Crippen LogP contribution in [0.1, 0.15) is 35.4 Å². The van der Waals surface area contributed by atoms with Crippen molar-refractivity contribution in [1.29, 1.82) is 0 Å². The molecule has 1 aromatic heterocycles. The molecule has 2 aromatic carbocycles. The van der Waals surface area contributed by atoms with Crippen LogP contribution < -0.4 is 11.0 Å². The van der Waals surface area contributed by atoms with Gasteiger partial charge in [0, 0.05) is 27.1 Å². The smallest absolute Gasteiger partial charge is 0.328 e. The standard InChI is InChI=1S/C21H23N3O2/c1-23-18-10-7-14(11-19(18)24(2)21(23)26)13-22-20(25)12-16-9-8-15-5-3-4-6-17(15)16/h3-7,10-11,16H,8-9,12-13H2,1-2H3,(H,22,25)/t16-/m0/s1. The Morgan fingerprint density at radius 1 is 1.12 bits per heavy atom. The molecule has 0 saturated heterocycles. The van der Waals surface area contributed by atoms with Crippen LogP contribution in [0.2, 0.25) is 0 Å². The summed E-state index contributed by atoms with van der Waals surface area (Å²) in [4.78, 5) is 24.4. The van der Waals surface area contributed by atoms with Crippen molar-refractivity contribution in [1.82, 2.24) is 14.5 Å². The Balaban J connectivity index is 1.43. The zero-order chi connectivity index (χ0) is 18.3. The average molecular weight is 349 g/mol. The molecule has 0 spiro atoms. The quantitative estimate of drug-likeness (QED) is 0.787. The second-order valence-corrected chi connectivity index (χ2v) is 7.14. The van der Waals surface area contributed by atoms with Gasteiger partial charge in [-0.3, -0.25) is 13.9 Å². The van der Waals surface area contributed by atoms with E-state index >= 15 is 0 Å². The molecule has 0 unspecified atom stereocenters. The van der Waals surface area contributed by atoms with Crippen molar-refractivity contribution < 1.29 is 4.79 Å². The second-order valence-electron chi connectivity index (χ2n) is 7.14. The zero-order valence-corrected chi connectivity index (χ0v) is 15.2. The van der Waals surface area contributed by atoms with Gasteiger partial charge in [-0.15, -0.1) is 0 Å². The van der Waals surface area contributed by atoms with Crippen LogP contribution in [0.15, 0.2) is 47.3 Å². The van der Waals surface area contributed by atoms with Gasteiger partial charge in [0.2, 0.25) is 5.91 Å². The molecule has 0 radical (unpaired) electrons. The number of carbonyl (C=O) groups excluding carboxylic acids is 1. The number of hydrogen-bond donors (Lipinski definition) is 1. The van der Waals surface area contributed by atoms with Crippen LogP contribution in [0, 0.1) is 0 Å². The van der Waals surface area contributed by atoms with Gasteiger partial charge in [0.05, 0.1) is 11.0 Å². The number of aryl methyl sites for hydroxylation is 3. The first-order chi connectivity index (χ1) is 12.5. The third kappa shape index (κ3) is 2.83. The highest BCUT2D eigenvalue weighted by molar-refractivity contribution is 5.78. The van der Waals surface area contributed by atoms with Crippen molar-refractivity contribution in [2.45, 2.75) is 31.7 Å². The summed E-state index contributed by atoms with van der Waals surface area (Å²) < 4.78 is 3.27. The van der Waals surface area contributed by atoms with Gasteiger partial charge in [-0.1, -0.05) is 30.3 Å². The van der Waals surface area contributed by atoms with Crippen molar-refractivity contribution in [3.8, 4) is 0 Å². The topological polar surface area (TPSA) is 56.0 Å². The van der Waals surface area contributed by atoms with E-state index in [9.17, 15) is 9.59 Å². The molecule has 5 heteroatoms. The first kappa shape index (κ1) is 16.6. The van der Waals surface area contributed by atoms with Crippen LogP contribution >= 0.6 is 0 Å². The summed E-state index contributed by atoms with van der Waals surface area (Å²) in [6, 6.07) is 14.3. The van der Waals surface area contributed by atoms with E-state index in [-0.39, 0.29) is 11.6 Å². The molecular weight excluding hydrogens is 326 g/mol. The van der Waals surface area contributed by atoms with Crippen LogP contribution in [0.4, 0.5) is 0 Å². The highest BCUT2D eigenvalue weighted by Crippen LogP contribution is 2.35. The number of hydrogen-bond acceptors (Lipinski definition) is 2. The van der Waals surface area contributed by atoms with E-state index in [0.717, 1.165) is 29.4 Å². The summed E-state index contributed by atoms with van der Waals surface area (Å²) in [7, 11) is 3.54. The predicted octanol–water partition coefficient (Wildman–Crippen LogP) is 2.61. The number of fused-ring (bicyclic) bond motifs is 2. The van der Waals surface area contributed by atoms with Crippen molar-refractivity contribution in [2.75, 3.05) is 0 Å². The predicted molar refractivity (Wildman–Crippen MR) is 102 cm³/mol. The number of nitrogens with zero attached hydrogens (tertiary/aromatic N) is 2. The Morgan fingerprint density at radius 2 is 1.88 bits per heavy atom. The fraction of sp³-hybridized carbons (Fsp3) is 0.333. The number of rotatable bonds is 4. The molecule has 0 fully saturated rings. The maximum Gasteiger partial charge on any atom is 0.328 e. The molecule has 5 nitrogen and oxygen atoms in total. The Labute approximate surface area is 152 Å². The molecule has 4 rings (SSSR count). The Hall–Kier alpha value is -2.82. The molecule has 0 bridgehead atoms. The molecule has 0 aliphatic heterocycles. The van der Waals surface area contributed by atoms with E-state index in [4.69, 9.17) is 0 Å². The van der Waals surface area contributed by atoms with Gasteiger partial charge in [0.1, 0.15) is 0 Å². The van der Waals surface area contributed by atoms with E-state index in [0.29, 0.717) is 18.9 Å². The molecular formula is C21H23N3O2. The van der Waals surface area contributed by atoms with Crippen LogP contribution in [-0.2, 0) is 31.9 Å². The lowest BCUT2D eigenvalue weighted by atomic mass is 9.97. The number of aromatic nitrogens is 2. The fourth-order valence-electron chi connectivity index (χ4n) is 4.02. The van der Waals surface area contributed by atoms with E-state index in [1.165, 1.54) is 11.1 Å². The van der Waals surface area contributed by atoms with E-state index in [2.05, 4.69) is 29.6 Å². The molecule has 3 aromatic rings. The van der Waals surface area contributed by atoms with Crippen molar-refractivity contribution in [3.63, 3.8) is 0 Å². The highest BCUT2D eigenvalue weighted by Gasteiger charge is 2.24. The maximum absolute atomic E-state index is 12.4. The molecule has 1 atom stereocenters. The van der Waals surface area contributed by atoms with Crippen LogP contribution in [0.5, 0.6) is 0 Å². The number of imidazole rings is 1. The van der Waals surface area contributed by atoms with Gasteiger partial charge < -0.3 is 5.32 Å². The first-order valence-corrected chi connectivity index (χ1v) is 9.03. The number of nitrogens with one attached hydrogen (secondary N) is 1. The summed E-state index contributed by atoms with van der Waals surface area (Å²) in [5.74, 6) is 0.400. The number of benzene rings is 2. The molecule has 1 N–H and O–H groups in total. The van der Waals surface area contributed by atoms with Crippen molar-refractivity contribution in [3.05, 3.63) is 69.6 Å². The summed E-state index contributed by atoms with van der Waals surface area (Å²) in [6.07, 6.45) is 2.64.